The first-order valence-electron chi connectivity index (χ1n) is 6.93. The maximum Gasteiger partial charge on any atom is 0.165 e. The normalized spacial score (nSPS) is 17.6. The Balaban J connectivity index is 1.81. The van der Waals surface area contributed by atoms with Crippen molar-refractivity contribution >= 4 is 0 Å². The van der Waals surface area contributed by atoms with E-state index in [1.54, 1.807) is 12.1 Å². The molecule has 1 unspecified atom stereocenters. The Morgan fingerprint density at radius 2 is 2.35 bits per heavy atom. The molecule has 1 aliphatic rings. The molecule has 1 heterocycles. The third-order valence-electron chi connectivity index (χ3n) is 3.19. The van der Waals surface area contributed by atoms with Crippen molar-refractivity contribution in [1.29, 1.82) is 0 Å². The van der Waals surface area contributed by atoms with Crippen LogP contribution >= 0.6 is 0 Å². The van der Waals surface area contributed by atoms with E-state index >= 15 is 0 Å². The summed E-state index contributed by atoms with van der Waals surface area (Å²) in [5.74, 6) is 5.08. The quantitative estimate of drug-likeness (QED) is 0.664. The Bertz CT molecular complexity index is 484. The number of benzene rings is 1. The SMILES string of the molecule is OCC#Cc1ccc(F)c(OCCCC2CCCO2)c1. The van der Waals surface area contributed by atoms with Gasteiger partial charge in [0.2, 0.25) is 0 Å². The Kier molecular flexibility index (Phi) is 5.85. The fraction of sp³-hybridized carbons (Fsp3) is 0.500. The van der Waals surface area contributed by atoms with Gasteiger partial charge in [-0.25, -0.2) is 4.39 Å². The lowest BCUT2D eigenvalue weighted by atomic mass is 10.1. The van der Waals surface area contributed by atoms with Gasteiger partial charge in [0, 0.05) is 12.2 Å². The second-order valence-corrected chi connectivity index (χ2v) is 4.73. The molecule has 0 amide bonds. The van der Waals surface area contributed by atoms with E-state index in [0.29, 0.717) is 18.3 Å². The minimum atomic E-state index is -0.392. The van der Waals surface area contributed by atoms with Crippen LogP contribution in [0.4, 0.5) is 4.39 Å². The van der Waals surface area contributed by atoms with Gasteiger partial charge in [-0.1, -0.05) is 11.8 Å². The third kappa shape index (κ3) is 4.52. The van der Waals surface area contributed by atoms with Crippen LogP contribution in [0.5, 0.6) is 5.75 Å². The Labute approximate surface area is 118 Å². The standard InChI is InChI=1S/C16H19FO3/c17-15-8-7-13(4-1-9-18)12-16(15)20-11-3-6-14-5-2-10-19-14/h7-8,12,14,18H,2-3,5-6,9-11H2. The summed E-state index contributed by atoms with van der Waals surface area (Å²) < 4.78 is 24.5. The molecular formula is C16H19FO3. The van der Waals surface area contributed by atoms with E-state index in [2.05, 4.69) is 11.8 Å². The third-order valence-corrected chi connectivity index (χ3v) is 3.19. The van der Waals surface area contributed by atoms with Gasteiger partial charge in [0.1, 0.15) is 6.61 Å². The fourth-order valence-corrected chi connectivity index (χ4v) is 2.20. The van der Waals surface area contributed by atoms with E-state index < -0.39 is 5.82 Å². The first kappa shape index (κ1) is 14.8. The molecular weight excluding hydrogens is 259 g/mol. The lowest BCUT2D eigenvalue weighted by Crippen LogP contribution is -2.08. The molecule has 0 aromatic heterocycles. The van der Waals surface area contributed by atoms with Crippen LogP contribution in [0.3, 0.4) is 0 Å². The minimum absolute atomic E-state index is 0.210. The van der Waals surface area contributed by atoms with Gasteiger partial charge in [0.25, 0.3) is 0 Å². The van der Waals surface area contributed by atoms with Gasteiger partial charge in [0.05, 0.1) is 12.7 Å². The minimum Gasteiger partial charge on any atom is -0.490 e. The summed E-state index contributed by atoms with van der Waals surface area (Å²) in [6, 6.07) is 4.46. The van der Waals surface area contributed by atoms with Crippen LogP contribution in [0.1, 0.15) is 31.2 Å². The molecule has 0 saturated carbocycles. The molecule has 1 saturated heterocycles. The first-order valence-corrected chi connectivity index (χ1v) is 6.93. The number of halogens is 1. The average Bonchev–Trinajstić information content (AvgIpc) is 2.97. The zero-order valence-corrected chi connectivity index (χ0v) is 11.4. The van der Waals surface area contributed by atoms with E-state index in [1.165, 1.54) is 6.07 Å². The van der Waals surface area contributed by atoms with Crippen molar-refractivity contribution in [3.8, 4) is 17.6 Å². The topological polar surface area (TPSA) is 38.7 Å². The van der Waals surface area contributed by atoms with E-state index in [1.807, 2.05) is 0 Å². The Hall–Kier alpha value is -1.57. The van der Waals surface area contributed by atoms with E-state index in [-0.39, 0.29) is 12.4 Å². The predicted octanol–water partition coefficient (Wildman–Crippen LogP) is 2.51. The van der Waals surface area contributed by atoms with Crippen LogP contribution in [0.2, 0.25) is 0 Å². The van der Waals surface area contributed by atoms with E-state index in [9.17, 15) is 4.39 Å². The van der Waals surface area contributed by atoms with Gasteiger partial charge < -0.3 is 14.6 Å². The molecule has 1 atom stereocenters. The number of ether oxygens (including phenoxy) is 2. The fourth-order valence-electron chi connectivity index (χ4n) is 2.20. The molecule has 1 fully saturated rings. The molecule has 1 aromatic rings. The van der Waals surface area contributed by atoms with Gasteiger partial charge in [0.15, 0.2) is 11.6 Å². The number of hydrogen-bond acceptors (Lipinski definition) is 3. The molecule has 0 bridgehead atoms. The zero-order valence-electron chi connectivity index (χ0n) is 11.4. The smallest absolute Gasteiger partial charge is 0.165 e. The highest BCUT2D eigenvalue weighted by atomic mass is 19.1. The second-order valence-electron chi connectivity index (χ2n) is 4.73. The van der Waals surface area contributed by atoms with Crippen LogP contribution in [0.15, 0.2) is 18.2 Å². The van der Waals surface area contributed by atoms with Gasteiger partial charge >= 0.3 is 0 Å². The monoisotopic (exact) mass is 278 g/mol. The molecule has 1 N–H and O–H groups in total. The van der Waals surface area contributed by atoms with Crippen molar-refractivity contribution in [2.24, 2.45) is 0 Å². The lowest BCUT2D eigenvalue weighted by Gasteiger charge is -2.10. The highest BCUT2D eigenvalue weighted by Crippen LogP contribution is 2.20. The Morgan fingerprint density at radius 3 is 3.10 bits per heavy atom. The van der Waals surface area contributed by atoms with Crippen LogP contribution < -0.4 is 4.74 Å². The maximum absolute atomic E-state index is 13.6. The first-order chi connectivity index (χ1) is 9.79. The number of aliphatic hydroxyl groups is 1. The van der Waals surface area contributed by atoms with Gasteiger partial charge in [-0.2, -0.15) is 0 Å². The maximum atomic E-state index is 13.6. The summed E-state index contributed by atoms with van der Waals surface area (Å²) in [4.78, 5) is 0. The van der Waals surface area contributed by atoms with Gasteiger partial charge in [-0.15, -0.1) is 0 Å². The van der Waals surface area contributed by atoms with Crippen LogP contribution in [0.25, 0.3) is 0 Å². The molecule has 4 heteroatoms. The summed E-state index contributed by atoms with van der Waals surface area (Å²) in [5.41, 5.74) is 0.634. The summed E-state index contributed by atoms with van der Waals surface area (Å²) >= 11 is 0. The highest BCUT2D eigenvalue weighted by molar-refractivity contribution is 5.40. The molecule has 0 spiro atoms. The summed E-state index contributed by atoms with van der Waals surface area (Å²) in [6.07, 6.45) is 4.37. The molecule has 0 radical (unpaired) electrons. The molecule has 3 nitrogen and oxygen atoms in total. The van der Waals surface area contributed by atoms with Crippen molar-refractivity contribution in [2.45, 2.75) is 31.8 Å². The number of rotatable bonds is 5. The van der Waals surface area contributed by atoms with Crippen molar-refractivity contribution in [1.82, 2.24) is 0 Å². The summed E-state index contributed by atoms with van der Waals surface area (Å²) in [7, 11) is 0. The molecule has 108 valence electrons. The summed E-state index contributed by atoms with van der Waals surface area (Å²) in [6.45, 7) is 1.11. The van der Waals surface area contributed by atoms with Crippen LogP contribution in [-0.2, 0) is 4.74 Å². The summed E-state index contributed by atoms with van der Waals surface area (Å²) in [5, 5.41) is 8.64. The second kappa shape index (κ2) is 7.88. The zero-order chi connectivity index (χ0) is 14.2. The van der Waals surface area contributed by atoms with Crippen molar-refractivity contribution in [2.75, 3.05) is 19.8 Å². The van der Waals surface area contributed by atoms with E-state index in [0.717, 1.165) is 32.3 Å². The molecule has 2 rings (SSSR count). The highest BCUT2D eigenvalue weighted by Gasteiger charge is 2.14. The molecule has 1 aliphatic heterocycles. The van der Waals surface area contributed by atoms with Gasteiger partial charge in [-0.3, -0.25) is 0 Å². The van der Waals surface area contributed by atoms with Crippen LogP contribution in [0, 0.1) is 17.7 Å². The average molecular weight is 278 g/mol. The van der Waals surface area contributed by atoms with Crippen molar-refractivity contribution in [3.05, 3.63) is 29.6 Å². The molecule has 0 aliphatic carbocycles. The Morgan fingerprint density at radius 1 is 1.45 bits per heavy atom. The molecule has 1 aromatic carbocycles. The lowest BCUT2D eigenvalue weighted by molar-refractivity contribution is 0.0979. The van der Waals surface area contributed by atoms with Crippen molar-refractivity contribution < 1.29 is 19.0 Å². The largest absolute Gasteiger partial charge is 0.490 e. The number of hydrogen-bond donors (Lipinski definition) is 1. The molecule has 20 heavy (non-hydrogen) atoms. The van der Waals surface area contributed by atoms with Crippen LogP contribution in [-0.4, -0.2) is 31.0 Å². The van der Waals surface area contributed by atoms with E-state index in [4.69, 9.17) is 14.6 Å². The van der Waals surface area contributed by atoms with Gasteiger partial charge in [-0.05, 0) is 43.9 Å². The number of aliphatic hydroxyl groups excluding tert-OH is 1. The van der Waals surface area contributed by atoms with Crippen molar-refractivity contribution in [3.63, 3.8) is 0 Å². The predicted molar refractivity (Wildman–Crippen MR) is 74.1 cm³/mol.